The Labute approximate surface area is 117 Å². The van der Waals surface area contributed by atoms with E-state index in [0.717, 1.165) is 25.1 Å². The van der Waals surface area contributed by atoms with Crippen molar-refractivity contribution in [2.24, 2.45) is 5.41 Å². The summed E-state index contributed by atoms with van der Waals surface area (Å²) in [6.45, 7) is 7.48. The van der Waals surface area contributed by atoms with Gasteiger partial charge in [-0.3, -0.25) is 0 Å². The third-order valence-electron chi connectivity index (χ3n) is 4.21. The van der Waals surface area contributed by atoms with E-state index in [4.69, 9.17) is 4.74 Å². The highest BCUT2D eigenvalue weighted by atomic mass is 16.5. The maximum atomic E-state index is 9.58. The van der Waals surface area contributed by atoms with E-state index in [-0.39, 0.29) is 18.1 Å². The van der Waals surface area contributed by atoms with Gasteiger partial charge in [0.2, 0.25) is 0 Å². The van der Waals surface area contributed by atoms with Crippen LogP contribution in [0, 0.1) is 5.41 Å². The van der Waals surface area contributed by atoms with Gasteiger partial charge in [0.15, 0.2) is 0 Å². The van der Waals surface area contributed by atoms with Crippen LogP contribution in [-0.4, -0.2) is 25.4 Å². The third-order valence-corrected chi connectivity index (χ3v) is 4.21. The van der Waals surface area contributed by atoms with Crippen LogP contribution in [-0.2, 0) is 0 Å². The number of methoxy groups -OCH3 is 1. The van der Waals surface area contributed by atoms with Crippen LogP contribution in [0.3, 0.4) is 0 Å². The van der Waals surface area contributed by atoms with Crippen LogP contribution in [0.25, 0.3) is 0 Å². The Morgan fingerprint density at radius 1 is 1.32 bits per heavy atom. The van der Waals surface area contributed by atoms with E-state index in [1.807, 2.05) is 12.1 Å². The molecule has 0 saturated carbocycles. The summed E-state index contributed by atoms with van der Waals surface area (Å²) in [4.78, 5) is 0. The van der Waals surface area contributed by atoms with Crippen molar-refractivity contribution in [3.8, 4) is 5.75 Å². The summed E-state index contributed by atoms with van der Waals surface area (Å²) in [5.74, 6) is 0.880. The monoisotopic (exact) mass is 265 g/mol. The number of aliphatic hydroxyl groups excluding tert-OH is 1. The van der Waals surface area contributed by atoms with Gasteiger partial charge >= 0.3 is 0 Å². The highest BCUT2D eigenvalue weighted by molar-refractivity contribution is 5.30. The zero-order valence-electron chi connectivity index (χ0n) is 12.6. The average Bonchev–Trinajstić information content (AvgIpc) is 2.49. The molecule has 0 unspecified atom stereocenters. The van der Waals surface area contributed by atoms with Crippen molar-refractivity contribution in [1.82, 2.24) is 5.32 Å². The van der Waals surface area contributed by atoms with Crippen molar-refractivity contribution in [1.29, 1.82) is 0 Å². The van der Waals surface area contributed by atoms with E-state index < -0.39 is 0 Å². The van der Waals surface area contributed by atoms with Crippen LogP contribution in [0.5, 0.6) is 5.75 Å². The van der Waals surface area contributed by atoms with Gasteiger partial charge in [-0.1, -0.05) is 26.0 Å². The molecule has 1 aromatic rings. The molecule has 3 heteroatoms. The first-order valence-corrected chi connectivity index (χ1v) is 7.09. The van der Waals surface area contributed by atoms with Crippen LogP contribution in [0.2, 0.25) is 0 Å². The van der Waals surface area contributed by atoms with Crippen molar-refractivity contribution in [2.45, 2.75) is 39.7 Å². The number of nitrogens with one attached hydrogen (secondary N) is 1. The van der Waals surface area contributed by atoms with Gasteiger partial charge in [0.1, 0.15) is 5.75 Å². The van der Waals surface area contributed by atoms with Crippen LogP contribution in [0.1, 0.15) is 45.2 Å². The number of aliphatic hydroxyl groups is 1. The molecule has 0 spiro atoms. The largest absolute Gasteiger partial charge is 0.497 e. The molecule has 0 heterocycles. The Hall–Kier alpha value is -1.06. The van der Waals surface area contributed by atoms with Crippen LogP contribution in [0.15, 0.2) is 24.3 Å². The van der Waals surface area contributed by atoms with Gasteiger partial charge in [-0.05, 0) is 37.5 Å². The summed E-state index contributed by atoms with van der Waals surface area (Å²) in [5.41, 5.74) is 1.20. The van der Waals surface area contributed by atoms with Crippen molar-refractivity contribution >= 4 is 0 Å². The van der Waals surface area contributed by atoms with E-state index in [1.165, 1.54) is 5.56 Å². The molecule has 0 bridgehead atoms. The maximum absolute atomic E-state index is 9.58. The number of hydrogen-bond donors (Lipinski definition) is 2. The zero-order chi connectivity index (χ0) is 14.3. The summed E-state index contributed by atoms with van der Waals surface area (Å²) >= 11 is 0. The molecular formula is C16H27NO2. The fourth-order valence-electron chi connectivity index (χ4n) is 2.18. The second-order valence-electron chi connectivity index (χ2n) is 5.24. The fraction of sp³-hybridized carbons (Fsp3) is 0.625. The first kappa shape index (κ1) is 16.0. The summed E-state index contributed by atoms with van der Waals surface area (Å²) in [6.07, 6.45) is 1.97. The molecule has 1 atom stereocenters. The molecule has 0 aliphatic heterocycles. The Kier molecular flexibility index (Phi) is 6.32. The summed E-state index contributed by atoms with van der Waals surface area (Å²) < 4.78 is 5.25. The second kappa shape index (κ2) is 7.51. The Morgan fingerprint density at radius 2 is 2.00 bits per heavy atom. The first-order valence-electron chi connectivity index (χ1n) is 7.09. The molecular weight excluding hydrogens is 238 g/mol. The molecule has 0 saturated heterocycles. The summed E-state index contributed by atoms with van der Waals surface area (Å²) in [5, 5.41) is 13.1. The van der Waals surface area contributed by atoms with E-state index in [0.29, 0.717) is 0 Å². The average molecular weight is 265 g/mol. The Balaban J connectivity index is 2.66. The van der Waals surface area contributed by atoms with Gasteiger partial charge in [0, 0.05) is 24.6 Å². The molecule has 2 N–H and O–H groups in total. The molecule has 19 heavy (non-hydrogen) atoms. The topological polar surface area (TPSA) is 41.5 Å². The molecule has 0 radical (unpaired) electrons. The Morgan fingerprint density at radius 3 is 2.53 bits per heavy atom. The van der Waals surface area contributed by atoms with E-state index in [1.54, 1.807) is 7.11 Å². The maximum Gasteiger partial charge on any atom is 0.119 e. The lowest BCUT2D eigenvalue weighted by Gasteiger charge is -2.31. The van der Waals surface area contributed by atoms with Crippen molar-refractivity contribution in [3.05, 3.63) is 29.8 Å². The van der Waals surface area contributed by atoms with Gasteiger partial charge in [0.25, 0.3) is 0 Å². The summed E-state index contributed by atoms with van der Waals surface area (Å²) in [6, 6.07) is 8.35. The highest BCUT2D eigenvalue weighted by Crippen LogP contribution is 2.26. The number of rotatable bonds is 8. The zero-order valence-corrected chi connectivity index (χ0v) is 12.6. The van der Waals surface area contributed by atoms with Gasteiger partial charge in [-0.2, -0.15) is 0 Å². The fourth-order valence-corrected chi connectivity index (χ4v) is 2.18. The lowest BCUT2D eigenvalue weighted by atomic mass is 9.83. The van der Waals surface area contributed by atoms with Crippen molar-refractivity contribution in [2.75, 3.05) is 20.3 Å². The molecule has 0 fully saturated rings. The smallest absolute Gasteiger partial charge is 0.119 e. The Bertz CT molecular complexity index is 367. The van der Waals surface area contributed by atoms with Gasteiger partial charge in [0.05, 0.1) is 7.11 Å². The van der Waals surface area contributed by atoms with Crippen LogP contribution < -0.4 is 10.1 Å². The van der Waals surface area contributed by atoms with Crippen LogP contribution >= 0.6 is 0 Å². The van der Waals surface area contributed by atoms with E-state index in [9.17, 15) is 5.11 Å². The molecule has 1 aromatic carbocycles. The second-order valence-corrected chi connectivity index (χ2v) is 5.24. The SMILES string of the molecule is CCC(CC)(CO)CN[C@@H](C)c1cccc(OC)c1. The standard InChI is InChI=1S/C16H27NO2/c1-5-16(6-2,12-18)11-17-13(3)14-8-7-9-15(10-14)19-4/h7-10,13,17-18H,5-6,11-12H2,1-4H3/t13-/m0/s1. The minimum Gasteiger partial charge on any atom is -0.497 e. The quantitative estimate of drug-likeness (QED) is 0.758. The molecule has 1 rings (SSSR count). The molecule has 0 aliphatic carbocycles. The molecule has 3 nitrogen and oxygen atoms in total. The predicted molar refractivity (Wildman–Crippen MR) is 79.5 cm³/mol. The van der Waals surface area contributed by atoms with Gasteiger partial charge in [-0.25, -0.2) is 0 Å². The van der Waals surface area contributed by atoms with Gasteiger partial charge in [-0.15, -0.1) is 0 Å². The molecule has 0 aliphatic rings. The minimum atomic E-state index is -0.00682. The lowest BCUT2D eigenvalue weighted by Crippen LogP contribution is -2.37. The molecule has 0 amide bonds. The summed E-state index contributed by atoms with van der Waals surface area (Å²) in [7, 11) is 1.68. The van der Waals surface area contributed by atoms with Crippen molar-refractivity contribution in [3.63, 3.8) is 0 Å². The molecule has 108 valence electrons. The van der Waals surface area contributed by atoms with Gasteiger partial charge < -0.3 is 15.2 Å². The minimum absolute atomic E-state index is 0.00682. The number of hydrogen-bond acceptors (Lipinski definition) is 3. The predicted octanol–water partition coefficient (Wildman–Crippen LogP) is 3.14. The lowest BCUT2D eigenvalue weighted by molar-refractivity contribution is 0.110. The third kappa shape index (κ3) is 4.22. The highest BCUT2D eigenvalue weighted by Gasteiger charge is 2.25. The first-order chi connectivity index (χ1) is 9.10. The van der Waals surface area contributed by atoms with Crippen LogP contribution in [0.4, 0.5) is 0 Å². The molecule has 0 aromatic heterocycles. The normalized spacial score (nSPS) is 13.3. The van der Waals surface area contributed by atoms with E-state index >= 15 is 0 Å². The number of ether oxygens (including phenoxy) is 1. The van der Waals surface area contributed by atoms with E-state index in [2.05, 4.69) is 38.2 Å². The van der Waals surface area contributed by atoms with Crippen molar-refractivity contribution < 1.29 is 9.84 Å². The number of benzene rings is 1.